The number of carbonyl (C=O) groups is 1. The van der Waals surface area contributed by atoms with Crippen molar-refractivity contribution in [3.05, 3.63) is 0 Å². The van der Waals surface area contributed by atoms with E-state index in [0.717, 1.165) is 0 Å². The maximum atomic E-state index is 12.6. The Bertz CT molecular complexity index is 417. The molecule has 0 aromatic heterocycles. The molecule has 0 aromatic carbocycles. The molecule has 1 aliphatic carbocycles. The number of hydrogen-bond acceptors (Lipinski definition) is 4. The van der Waals surface area contributed by atoms with Crippen LogP contribution in [0.5, 0.6) is 0 Å². The summed E-state index contributed by atoms with van der Waals surface area (Å²) < 4.78 is 12.6. The summed E-state index contributed by atoms with van der Waals surface area (Å²) in [6.07, 6.45) is 0. The highest BCUT2D eigenvalue weighted by Gasteiger charge is 2.79. The topological polar surface area (TPSA) is 58.9 Å². The van der Waals surface area contributed by atoms with E-state index in [9.17, 15) is 9.00 Å². The Labute approximate surface area is 98.4 Å². The molecule has 90 valence electrons. The van der Waals surface area contributed by atoms with Gasteiger partial charge in [0.2, 0.25) is 0 Å². The van der Waals surface area contributed by atoms with E-state index < -0.39 is 31.4 Å². The smallest absolute Gasteiger partial charge is 0.182 e. The van der Waals surface area contributed by atoms with E-state index in [0.29, 0.717) is 0 Å². The van der Waals surface area contributed by atoms with Gasteiger partial charge in [-0.3, -0.25) is 9.00 Å². The van der Waals surface area contributed by atoms with Gasteiger partial charge in [0.05, 0.1) is 21.6 Å². The maximum Gasteiger partial charge on any atom is 0.182 e. The fraction of sp³-hybridized carbons (Fsp3) is 0.909. The zero-order chi connectivity index (χ0) is 12.6. The van der Waals surface area contributed by atoms with Crippen molar-refractivity contribution < 1.29 is 9.00 Å². The summed E-state index contributed by atoms with van der Waals surface area (Å²) >= 11 is 0. The molecule has 0 radical (unpaired) electrons. The lowest BCUT2D eigenvalue weighted by Gasteiger charge is -2.59. The Hall–Kier alpha value is -0.580. The van der Waals surface area contributed by atoms with Crippen molar-refractivity contribution in [2.45, 2.75) is 51.3 Å². The molecule has 4 nitrogen and oxygen atoms in total. The van der Waals surface area contributed by atoms with Gasteiger partial charge in [0.25, 0.3) is 0 Å². The zero-order valence-electron chi connectivity index (χ0n) is 10.6. The average molecular weight is 242 g/mol. The van der Waals surface area contributed by atoms with Crippen LogP contribution in [0, 0.1) is 10.8 Å². The highest BCUT2D eigenvalue weighted by atomic mass is 32.2. The minimum atomic E-state index is -1.26. The summed E-state index contributed by atoms with van der Waals surface area (Å²) in [5.41, 5.74) is -1.36. The van der Waals surface area contributed by atoms with Gasteiger partial charge in [-0.2, -0.15) is 10.2 Å². The van der Waals surface area contributed by atoms with Crippen molar-refractivity contribution >= 4 is 16.6 Å². The first-order valence-corrected chi connectivity index (χ1v) is 6.58. The second-order valence-corrected chi connectivity index (χ2v) is 8.27. The molecule has 1 heterocycles. The second kappa shape index (κ2) is 2.63. The molecule has 0 aromatic rings. The SMILES string of the molecule is CC1(C)N=NC2(S1=O)C(C)(C)C(=O)C2(C)C. The molecule has 0 bridgehead atoms. The number of Topliss-reactive ketones (excluding diaryl/α,β-unsaturated/α-hetero) is 1. The minimum Gasteiger partial charge on any atom is -0.298 e. The third-order valence-electron chi connectivity index (χ3n) is 3.98. The van der Waals surface area contributed by atoms with Gasteiger partial charge in [0.15, 0.2) is 15.5 Å². The third-order valence-corrected chi connectivity index (χ3v) is 6.61. The first kappa shape index (κ1) is 11.9. The standard InChI is InChI=1S/C11H18N2O2S/c1-8(2)7(14)9(3,4)11(8)13-12-10(5,6)16(11)15/h1-6H3. The summed E-state index contributed by atoms with van der Waals surface area (Å²) in [5.74, 6) is 0.116. The third kappa shape index (κ3) is 0.883. The van der Waals surface area contributed by atoms with Crippen LogP contribution in [-0.4, -0.2) is 19.7 Å². The van der Waals surface area contributed by atoms with E-state index in [4.69, 9.17) is 0 Å². The molecule has 1 unspecified atom stereocenters. The fourth-order valence-corrected chi connectivity index (χ4v) is 5.21. The second-order valence-electron chi connectivity index (χ2n) is 6.14. The number of carbonyl (C=O) groups excluding carboxylic acids is 1. The minimum absolute atomic E-state index is 0.116. The predicted octanol–water partition coefficient (Wildman–Crippen LogP) is 2.27. The highest BCUT2D eigenvalue weighted by Crippen LogP contribution is 2.66. The van der Waals surface area contributed by atoms with Gasteiger partial charge in [0, 0.05) is 0 Å². The molecular weight excluding hydrogens is 224 g/mol. The number of ketones is 1. The Balaban J connectivity index is 2.62. The molecule has 2 aliphatic rings. The molecule has 5 heteroatoms. The lowest BCUT2D eigenvalue weighted by Crippen LogP contribution is -2.75. The van der Waals surface area contributed by atoms with Gasteiger partial charge in [-0.25, -0.2) is 0 Å². The van der Waals surface area contributed by atoms with Crippen LogP contribution in [0.15, 0.2) is 10.2 Å². The molecule has 2 rings (SSSR count). The van der Waals surface area contributed by atoms with Crippen molar-refractivity contribution in [3.8, 4) is 0 Å². The predicted molar refractivity (Wildman–Crippen MR) is 62.4 cm³/mol. The van der Waals surface area contributed by atoms with Crippen molar-refractivity contribution in [2.75, 3.05) is 0 Å². The van der Waals surface area contributed by atoms with Crippen LogP contribution in [0.2, 0.25) is 0 Å². The van der Waals surface area contributed by atoms with Gasteiger partial charge >= 0.3 is 0 Å². The lowest BCUT2D eigenvalue weighted by atomic mass is 9.50. The molecule has 0 amide bonds. The molecule has 1 atom stereocenters. The summed E-state index contributed by atoms with van der Waals surface area (Å²) in [7, 11) is -1.26. The van der Waals surface area contributed by atoms with E-state index in [2.05, 4.69) is 10.2 Å². The van der Waals surface area contributed by atoms with Crippen LogP contribution < -0.4 is 0 Å². The maximum absolute atomic E-state index is 12.6. The van der Waals surface area contributed by atoms with Crippen LogP contribution in [-0.2, 0) is 15.6 Å². The molecule has 0 N–H and O–H groups in total. The van der Waals surface area contributed by atoms with E-state index in [-0.39, 0.29) is 5.78 Å². The van der Waals surface area contributed by atoms with Crippen molar-refractivity contribution in [1.29, 1.82) is 0 Å². The van der Waals surface area contributed by atoms with Crippen LogP contribution in [0.3, 0.4) is 0 Å². The molecule has 0 saturated heterocycles. The van der Waals surface area contributed by atoms with Gasteiger partial charge in [0.1, 0.15) is 0 Å². The van der Waals surface area contributed by atoms with Crippen molar-refractivity contribution in [1.82, 2.24) is 0 Å². The molecule has 1 saturated carbocycles. The molecule has 1 aliphatic heterocycles. The number of rotatable bonds is 0. The van der Waals surface area contributed by atoms with Crippen LogP contribution >= 0.6 is 0 Å². The van der Waals surface area contributed by atoms with Crippen LogP contribution in [0.1, 0.15) is 41.5 Å². The number of hydrogen-bond donors (Lipinski definition) is 0. The fourth-order valence-electron chi connectivity index (χ4n) is 3.15. The summed E-state index contributed by atoms with van der Waals surface area (Å²) in [4.78, 5) is 10.6. The Morgan fingerprint density at radius 1 is 0.938 bits per heavy atom. The summed E-state index contributed by atoms with van der Waals surface area (Å²) in [6, 6.07) is 0. The molecule has 1 spiro atoms. The quantitative estimate of drug-likeness (QED) is 0.654. The highest BCUT2D eigenvalue weighted by molar-refractivity contribution is 7.88. The van der Waals surface area contributed by atoms with E-state index in [1.807, 2.05) is 27.7 Å². The summed E-state index contributed by atoms with van der Waals surface area (Å²) in [5, 5.41) is 8.39. The lowest BCUT2D eigenvalue weighted by molar-refractivity contribution is -0.159. The van der Waals surface area contributed by atoms with Crippen molar-refractivity contribution in [3.63, 3.8) is 0 Å². The largest absolute Gasteiger partial charge is 0.298 e. The normalized spacial score (nSPS) is 36.4. The molecule has 1 fully saturated rings. The molecular formula is C11H18N2O2S. The van der Waals surface area contributed by atoms with Gasteiger partial charge < -0.3 is 0 Å². The molecule has 16 heavy (non-hydrogen) atoms. The number of azo groups is 1. The Kier molecular flexibility index (Phi) is 1.96. The van der Waals surface area contributed by atoms with Gasteiger partial charge in [-0.1, -0.05) is 0 Å². The summed E-state index contributed by atoms with van der Waals surface area (Å²) in [6.45, 7) is 10.9. The van der Waals surface area contributed by atoms with Crippen LogP contribution in [0.25, 0.3) is 0 Å². The zero-order valence-corrected chi connectivity index (χ0v) is 11.4. The van der Waals surface area contributed by atoms with E-state index >= 15 is 0 Å². The van der Waals surface area contributed by atoms with E-state index in [1.54, 1.807) is 13.8 Å². The monoisotopic (exact) mass is 242 g/mol. The first-order chi connectivity index (χ1) is 7.02. The Morgan fingerprint density at radius 2 is 1.38 bits per heavy atom. The van der Waals surface area contributed by atoms with E-state index in [1.165, 1.54) is 0 Å². The first-order valence-electron chi connectivity index (χ1n) is 5.43. The number of nitrogens with zero attached hydrogens (tertiary/aromatic N) is 2. The van der Waals surface area contributed by atoms with Gasteiger partial charge in [-0.05, 0) is 41.5 Å². The van der Waals surface area contributed by atoms with Crippen LogP contribution in [0.4, 0.5) is 0 Å². The average Bonchev–Trinajstić information content (AvgIpc) is 2.39. The van der Waals surface area contributed by atoms with Gasteiger partial charge in [-0.15, -0.1) is 0 Å². The van der Waals surface area contributed by atoms with Crippen molar-refractivity contribution in [2.24, 2.45) is 21.1 Å². The Morgan fingerprint density at radius 3 is 1.69 bits per heavy atom.